The second kappa shape index (κ2) is 6.07. The van der Waals surface area contributed by atoms with Crippen LogP contribution in [0.3, 0.4) is 0 Å². The highest BCUT2D eigenvalue weighted by atomic mass is 16.2. The van der Waals surface area contributed by atoms with Crippen LogP contribution in [0, 0.1) is 5.92 Å². The Kier molecular flexibility index (Phi) is 4.72. The van der Waals surface area contributed by atoms with Crippen LogP contribution in [0.1, 0.15) is 19.8 Å². The van der Waals surface area contributed by atoms with E-state index in [1.54, 1.807) is 17.0 Å². The lowest BCUT2D eigenvalue weighted by Crippen LogP contribution is -2.40. The molecule has 5 heteroatoms. The Labute approximate surface area is 94.6 Å². The van der Waals surface area contributed by atoms with Crippen molar-refractivity contribution in [3.63, 3.8) is 0 Å². The van der Waals surface area contributed by atoms with Crippen LogP contribution in [0.15, 0.2) is 24.5 Å². The van der Waals surface area contributed by atoms with E-state index in [0.29, 0.717) is 6.42 Å². The summed E-state index contributed by atoms with van der Waals surface area (Å²) in [5, 5.41) is 0. The monoisotopic (exact) mass is 223 g/mol. The van der Waals surface area contributed by atoms with Crippen molar-refractivity contribution in [1.29, 1.82) is 0 Å². The molecule has 0 aliphatic rings. The molecule has 0 spiro atoms. The van der Waals surface area contributed by atoms with Gasteiger partial charge < -0.3 is 4.57 Å². The molecule has 0 aromatic carbocycles. The molecule has 5 nitrogen and oxygen atoms in total. The summed E-state index contributed by atoms with van der Waals surface area (Å²) >= 11 is 0. The number of hydrogen-bond acceptors (Lipinski definition) is 3. The number of ketones is 1. The first-order chi connectivity index (χ1) is 7.69. The van der Waals surface area contributed by atoms with Gasteiger partial charge in [-0.1, -0.05) is 13.3 Å². The third kappa shape index (κ3) is 3.20. The summed E-state index contributed by atoms with van der Waals surface area (Å²) in [7, 11) is 0. The highest BCUT2D eigenvalue weighted by Crippen LogP contribution is 2.09. The number of nitrogens with one attached hydrogen (secondary N) is 1. The maximum atomic E-state index is 11.9. The molecule has 0 radical (unpaired) electrons. The van der Waals surface area contributed by atoms with Crippen molar-refractivity contribution in [2.75, 3.05) is 0 Å². The Morgan fingerprint density at radius 1 is 1.38 bits per heavy atom. The van der Waals surface area contributed by atoms with Gasteiger partial charge in [0.25, 0.3) is 0 Å². The average molecular weight is 223 g/mol. The zero-order valence-electron chi connectivity index (χ0n) is 9.35. The summed E-state index contributed by atoms with van der Waals surface area (Å²) in [6.45, 7) is 2.14. The van der Waals surface area contributed by atoms with Crippen LogP contribution in [0.4, 0.5) is 0 Å². The van der Waals surface area contributed by atoms with Gasteiger partial charge in [0, 0.05) is 12.4 Å². The minimum absolute atomic E-state index is 0.110. The third-order valence-corrected chi connectivity index (χ3v) is 2.43. The van der Waals surface area contributed by atoms with Gasteiger partial charge in [-0.25, -0.2) is 5.84 Å². The number of rotatable bonds is 6. The van der Waals surface area contributed by atoms with Gasteiger partial charge in [0.1, 0.15) is 0 Å². The third-order valence-electron chi connectivity index (χ3n) is 2.43. The Hall–Kier alpha value is -1.62. The standard InChI is InChI=1S/C11H17N3O2/c1-2-5-9(11(16)13-12)10(15)8-14-6-3-4-7-14/h3-4,6-7,9H,2,5,8,12H2,1H3,(H,13,16). The number of carbonyl (C=O) groups excluding carboxylic acids is 2. The van der Waals surface area contributed by atoms with E-state index in [0.717, 1.165) is 6.42 Å². The first-order valence-corrected chi connectivity index (χ1v) is 5.33. The van der Waals surface area contributed by atoms with E-state index in [-0.39, 0.29) is 12.3 Å². The average Bonchev–Trinajstić information content (AvgIpc) is 2.77. The fraction of sp³-hybridized carbons (Fsp3) is 0.455. The van der Waals surface area contributed by atoms with Crippen molar-refractivity contribution >= 4 is 11.7 Å². The lowest BCUT2D eigenvalue weighted by molar-refractivity contribution is -0.134. The van der Waals surface area contributed by atoms with E-state index in [9.17, 15) is 9.59 Å². The number of nitrogens with zero attached hydrogens (tertiary/aromatic N) is 1. The van der Waals surface area contributed by atoms with Gasteiger partial charge in [-0.15, -0.1) is 0 Å². The Bertz CT molecular complexity index is 346. The molecule has 1 rings (SSSR count). The van der Waals surface area contributed by atoms with E-state index in [1.807, 2.05) is 24.5 Å². The molecule has 0 aliphatic heterocycles. The van der Waals surface area contributed by atoms with Crippen LogP contribution < -0.4 is 11.3 Å². The van der Waals surface area contributed by atoms with Crippen LogP contribution in [-0.4, -0.2) is 16.3 Å². The van der Waals surface area contributed by atoms with Gasteiger partial charge in [0.2, 0.25) is 5.91 Å². The molecule has 1 amide bonds. The lowest BCUT2D eigenvalue weighted by atomic mass is 9.98. The molecular formula is C11H17N3O2. The van der Waals surface area contributed by atoms with Gasteiger partial charge in [-0.2, -0.15) is 0 Å². The summed E-state index contributed by atoms with van der Waals surface area (Å²) in [4.78, 5) is 23.3. The van der Waals surface area contributed by atoms with Gasteiger partial charge >= 0.3 is 0 Å². The fourth-order valence-corrected chi connectivity index (χ4v) is 1.59. The summed E-state index contributed by atoms with van der Waals surface area (Å²) in [6, 6.07) is 3.68. The minimum Gasteiger partial charge on any atom is -0.347 e. The van der Waals surface area contributed by atoms with E-state index in [4.69, 9.17) is 5.84 Å². The quantitative estimate of drug-likeness (QED) is 0.318. The van der Waals surface area contributed by atoms with Gasteiger partial charge in [-0.3, -0.25) is 15.0 Å². The molecule has 1 unspecified atom stereocenters. The summed E-state index contributed by atoms with van der Waals surface area (Å²) in [5.41, 5.74) is 2.04. The smallest absolute Gasteiger partial charge is 0.244 e. The first kappa shape index (κ1) is 12.4. The highest BCUT2D eigenvalue weighted by Gasteiger charge is 2.24. The molecule has 16 heavy (non-hydrogen) atoms. The van der Waals surface area contributed by atoms with Crippen LogP contribution in [0.25, 0.3) is 0 Å². The van der Waals surface area contributed by atoms with Gasteiger partial charge in [0.15, 0.2) is 5.78 Å². The van der Waals surface area contributed by atoms with Crippen molar-refractivity contribution < 1.29 is 9.59 Å². The first-order valence-electron chi connectivity index (χ1n) is 5.33. The van der Waals surface area contributed by atoms with E-state index < -0.39 is 11.8 Å². The zero-order chi connectivity index (χ0) is 12.0. The van der Waals surface area contributed by atoms with Crippen LogP contribution in [0.5, 0.6) is 0 Å². The van der Waals surface area contributed by atoms with Crippen LogP contribution in [-0.2, 0) is 16.1 Å². The van der Waals surface area contributed by atoms with Crippen molar-refractivity contribution in [3.8, 4) is 0 Å². The molecule has 1 aromatic rings. The number of Topliss-reactive ketones (excluding diaryl/α,β-unsaturated/α-hetero) is 1. The predicted molar refractivity (Wildman–Crippen MR) is 60.2 cm³/mol. The molecule has 88 valence electrons. The summed E-state index contributed by atoms with van der Waals surface area (Å²) < 4.78 is 1.74. The molecule has 1 heterocycles. The van der Waals surface area contributed by atoms with Gasteiger partial charge in [0.05, 0.1) is 12.5 Å². The van der Waals surface area contributed by atoms with E-state index in [2.05, 4.69) is 0 Å². The summed E-state index contributed by atoms with van der Waals surface area (Å²) in [5.74, 6) is 3.90. The molecule has 0 bridgehead atoms. The number of nitrogens with two attached hydrogens (primary N) is 1. The van der Waals surface area contributed by atoms with Crippen molar-refractivity contribution in [3.05, 3.63) is 24.5 Å². The molecule has 1 aromatic heterocycles. The second-order valence-corrected chi connectivity index (χ2v) is 3.67. The zero-order valence-corrected chi connectivity index (χ0v) is 9.35. The summed E-state index contributed by atoms with van der Waals surface area (Å²) in [6.07, 6.45) is 4.89. The van der Waals surface area contributed by atoms with Crippen molar-refractivity contribution in [1.82, 2.24) is 9.99 Å². The number of amides is 1. The molecule has 1 atom stereocenters. The Morgan fingerprint density at radius 2 is 2.00 bits per heavy atom. The molecule has 0 fully saturated rings. The number of hydrogen-bond donors (Lipinski definition) is 2. The maximum Gasteiger partial charge on any atom is 0.244 e. The highest BCUT2D eigenvalue weighted by molar-refractivity contribution is 6.01. The van der Waals surface area contributed by atoms with E-state index in [1.165, 1.54) is 0 Å². The predicted octanol–water partition coefficient (Wildman–Crippen LogP) is 0.463. The molecular weight excluding hydrogens is 206 g/mol. The number of carbonyl (C=O) groups is 2. The number of aromatic nitrogens is 1. The normalized spacial score (nSPS) is 12.1. The number of hydrazine groups is 1. The van der Waals surface area contributed by atoms with Crippen molar-refractivity contribution in [2.45, 2.75) is 26.3 Å². The molecule has 0 aliphatic carbocycles. The topological polar surface area (TPSA) is 77.1 Å². The SMILES string of the molecule is CCCC(C(=O)Cn1cccc1)C(=O)NN. The van der Waals surface area contributed by atoms with Crippen molar-refractivity contribution in [2.24, 2.45) is 11.8 Å². The lowest BCUT2D eigenvalue weighted by Gasteiger charge is -2.13. The van der Waals surface area contributed by atoms with Gasteiger partial charge in [-0.05, 0) is 18.6 Å². The van der Waals surface area contributed by atoms with E-state index >= 15 is 0 Å². The fourth-order valence-electron chi connectivity index (χ4n) is 1.59. The molecule has 0 saturated heterocycles. The minimum atomic E-state index is -0.641. The van der Waals surface area contributed by atoms with Crippen LogP contribution in [0.2, 0.25) is 0 Å². The second-order valence-electron chi connectivity index (χ2n) is 3.67. The maximum absolute atomic E-state index is 11.9. The Morgan fingerprint density at radius 3 is 2.50 bits per heavy atom. The largest absolute Gasteiger partial charge is 0.347 e. The molecule has 3 N–H and O–H groups in total. The Balaban J connectivity index is 2.64. The van der Waals surface area contributed by atoms with Crippen LogP contribution >= 0.6 is 0 Å². The molecule has 0 saturated carbocycles.